The number of anilines is 2. The van der Waals surface area contributed by atoms with Crippen molar-refractivity contribution < 1.29 is 14.3 Å². The van der Waals surface area contributed by atoms with E-state index in [1.54, 1.807) is 18.6 Å². The number of carbonyl (C=O) groups excluding carboxylic acids is 1. The molecule has 6 rings (SSSR count). The molecule has 4 aliphatic rings. The third-order valence-electron chi connectivity index (χ3n) is 5.47. The zero-order chi connectivity index (χ0) is 18.2. The SMILES string of the molecule is O=C(Nc1ccc2c(c1)OCO2)N1C[C@H]2CC[C@@H]1CN(c1cnccn1)C2. The number of nitrogens with one attached hydrogen (secondary N) is 1. The molecule has 140 valence electrons. The predicted octanol–water partition coefficient (Wildman–Crippen LogP) is 2.34. The zero-order valence-electron chi connectivity index (χ0n) is 14.9. The second kappa shape index (κ2) is 6.61. The van der Waals surface area contributed by atoms with E-state index in [0.29, 0.717) is 17.4 Å². The number of benzene rings is 1. The summed E-state index contributed by atoms with van der Waals surface area (Å²) in [5, 5.41) is 3.01. The molecule has 8 nitrogen and oxygen atoms in total. The van der Waals surface area contributed by atoms with Gasteiger partial charge in [0, 0.05) is 43.8 Å². The first-order valence-corrected chi connectivity index (χ1v) is 9.24. The number of ether oxygens (including phenoxy) is 2. The Kier molecular flexibility index (Phi) is 3.95. The number of rotatable bonds is 2. The van der Waals surface area contributed by atoms with Crippen LogP contribution in [-0.4, -0.2) is 53.4 Å². The Morgan fingerprint density at radius 1 is 1.11 bits per heavy atom. The summed E-state index contributed by atoms with van der Waals surface area (Å²) >= 11 is 0. The number of fused-ring (bicyclic) bond motifs is 5. The number of piperidine rings is 1. The molecule has 5 heterocycles. The van der Waals surface area contributed by atoms with E-state index in [-0.39, 0.29) is 18.9 Å². The lowest BCUT2D eigenvalue weighted by molar-refractivity contribution is 0.154. The highest BCUT2D eigenvalue weighted by molar-refractivity contribution is 5.90. The van der Waals surface area contributed by atoms with Gasteiger partial charge in [-0.1, -0.05) is 0 Å². The number of carbonyl (C=O) groups is 1. The molecule has 2 aromatic rings. The summed E-state index contributed by atoms with van der Waals surface area (Å²) in [6.07, 6.45) is 7.33. The summed E-state index contributed by atoms with van der Waals surface area (Å²) < 4.78 is 10.7. The monoisotopic (exact) mass is 367 g/mol. The molecule has 3 saturated heterocycles. The molecular formula is C19H21N5O3. The summed E-state index contributed by atoms with van der Waals surface area (Å²) in [4.78, 5) is 25.8. The van der Waals surface area contributed by atoms with Crippen molar-refractivity contribution >= 4 is 17.5 Å². The van der Waals surface area contributed by atoms with E-state index in [1.165, 1.54) is 0 Å². The van der Waals surface area contributed by atoms with E-state index in [4.69, 9.17) is 9.47 Å². The molecule has 2 bridgehead atoms. The van der Waals surface area contributed by atoms with E-state index in [1.807, 2.05) is 23.1 Å². The predicted molar refractivity (Wildman–Crippen MR) is 99.0 cm³/mol. The molecule has 2 amide bonds. The van der Waals surface area contributed by atoms with Crippen LogP contribution in [0.5, 0.6) is 11.5 Å². The fourth-order valence-electron chi connectivity index (χ4n) is 4.14. The Hall–Kier alpha value is -3.03. The van der Waals surface area contributed by atoms with Crippen LogP contribution in [-0.2, 0) is 0 Å². The van der Waals surface area contributed by atoms with Gasteiger partial charge in [0.15, 0.2) is 11.5 Å². The Morgan fingerprint density at radius 2 is 2.04 bits per heavy atom. The van der Waals surface area contributed by atoms with Gasteiger partial charge in [0.1, 0.15) is 5.82 Å². The van der Waals surface area contributed by atoms with Crippen molar-refractivity contribution in [3.05, 3.63) is 36.8 Å². The largest absolute Gasteiger partial charge is 0.454 e. The number of hydrogen-bond donors (Lipinski definition) is 1. The van der Waals surface area contributed by atoms with Gasteiger partial charge in [-0.3, -0.25) is 4.98 Å². The van der Waals surface area contributed by atoms with Gasteiger partial charge in [-0.25, -0.2) is 9.78 Å². The number of urea groups is 1. The number of hydrogen-bond acceptors (Lipinski definition) is 6. The summed E-state index contributed by atoms with van der Waals surface area (Å²) in [7, 11) is 0. The standard InChI is InChI=1S/C19H21N5O3/c25-19(22-14-2-4-16-17(7-14)27-12-26-16)24-10-13-1-3-15(24)11-23(9-13)18-8-20-5-6-21-18/h2,4-8,13,15H,1,3,9-12H2,(H,22,25)/t13-,15+/m0/s1. The average molecular weight is 367 g/mol. The Balaban J connectivity index is 1.31. The molecule has 1 aromatic carbocycles. The van der Waals surface area contributed by atoms with Gasteiger partial charge in [0.25, 0.3) is 0 Å². The molecule has 0 unspecified atom stereocenters. The van der Waals surface area contributed by atoms with Crippen LogP contribution in [0.1, 0.15) is 12.8 Å². The summed E-state index contributed by atoms with van der Waals surface area (Å²) in [6.45, 7) is 2.67. The molecule has 1 aromatic heterocycles. The van der Waals surface area contributed by atoms with Gasteiger partial charge >= 0.3 is 6.03 Å². The molecule has 4 aliphatic heterocycles. The minimum Gasteiger partial charge on any atom is -0.454 e. The second-order valence-electron chi connectivity index (χ2n) is 7.22. The summed E-state index contributed by atoms with van der Waals surface area (Å²) in [5.74, 6) is 2.70. The molecule has 27 heavy (non-hydrogen) atoms. The van der Waals surface area contributed by atoms with Gasteiger partial charge < -0.3 is 24.6 Å². The summed E-state index contributed by atoms with van der Waals surface area (Å²) in [6, 6.07) is 5.57. The van der Waals surface area contributed by atoms with Crippen molar-refractivity contribution in [3.8, 4) is 11.5 Å². The highest BCUT2D eigenvalue weighted by atomic mass is 16.7. The van der Waals surface area contributed by atoms with Crippen LogP contribution in [0.25, 0.3) is 0 Å². The maximum Gasteiger partial charge on any atom is 0.322 e. The fourth-order valence-corrected chi connectivity index (χ4v) is 4.14. The van der Waals surface area contributed by atoms with E-state index >= 15 is 0 Å². The van der Waals surface area contributed by atoms with Gasteiger partial charge in [-0.05, 0) is 30.9 Å². The number of amides is 2. The maximum atomic E-state index is 12.9. The minimum absolute atomic E-state index is 0.0652. The van der Waals surface area contributed by atoms with Gasteiger partial charge in [0.2, 0.25) is 6.79 Å². The smallest absolute Gasteiger partial charge is 0.322 e. The van der Waals surface area contributed by atoms with Gasteiger partial charge in [-0.2, -0.15) is 0 Å². The van der Waals surface area contributed by atoms with Crippen LogP contribution in [0, 0.1) is 5.92 Å². The van der Waals surface area contributed by atoms with Crippen LogP contribution in [0.2, 0.25) is 0 Å². The Morgan fingerprint density at radius 3 is 2.93 bits per heavy atom. The van der Waals surface area contributed by atoms with Crippen molar-refractivity contribution in [2.24, 2.45) is 5.92 Å². The lowest BCUT2D eigenvalue weighted by Gasteiger charge is -2.36. The minimum atomic E-state index is -0.0652. The molecule has 0 aliphatic carbocycles. The molecule has 0 spiro atoms. The van der Waals surface area contributed by atoms with Crippen LogP contribution in [0.15, 0.2) is 36.8 Å². The van der Waals surface area contributed by atoms with Crippen molar-refractivity contribution in [1.82, 2.24) is 14.9 Å². The molecule has 1 N–H and O–H groups in total. The fraction of sp³-hybridized carbons (Fsp3) is 0.421. The lowest BCUT2D eigenvalue weighted by Crippen LogP contribution is -2.49. The van der Waals surface area contributed by atoms with E-state index in [0.717, 1.165) is 44.0 Å². The average Bonchev–Trinajstić information content (AvgIpc) is 2.97. The second-order valence-corrected chi connectivity index (χ2v) is 7.22. The highest BCUT2D eigenvalue weighted by Crippen LogP contribution is 2.35. The van der Waals surface area contributed by atoms with E-state index in [9.17, 15) is 4.79 Å². The molecule has 3 fully saturated rings. The quantitative estimate of drug-likeness (QED) is 0.878. The van der Waals surface area contributed by atoms with Crippen LogP contribution in [0.3, 0.4) is 0 Å². The van der Waals surface area contributed by atoms with E-state index in [2.05, 4.69) is 20.2 Å². The van der Waals surface area contributed by atoms with E-state index < -0.39 is 0 Å². The van der Waals surface area contributed by atoms with Crippen molar-refractivity contribution in [2.45, 2.75) is 18.9 Å². The third kappa shape index (κ3) is 3.11. The molecule has 8 heteroatoms. The topological polar surface area (TPSA) is 79.8 Å². The molecular weight excluding hydrogens is 346 g/mol. The van der Waals surface area contributed by atoms with Gasteiger partial charge in [0.05, 0.1) is 12.2 Å². The Bertz CT molecular complexity index is 846. The van der Waals surface area contributed by atoms with Crippen LogP contribution in [0.4, 0.5) is 16.3 Å². The highest BCUT2D eigenvalue weighted by Gasteiger charge is 2.37. The normalized spacial score (nSPS) is 23.3. The van der Waals surface area contributed by atoms with Crippen LogP contribution >= 0.6 is 0 Å². The molecule has 2 atom stereocenters. The van der Waals surface area contributed by atoms with Crippen molar-refractivity contribution in [1.29, 1.82) is 0 Å². The number of aromatic nitrogens is 2. The zero-order valence-corrected chi connectivity index (χ0v) is 14.9. The van der Waals surface area contributed by atoms with Gasteiger partial charge in [-0.15, -0.1) is 0 Å². The van der Waals surface area contributed by atoms with Crippen molar-refractivity contribution in [2.75, 3.05) is 36.6 Å². The first-order valence-electron chi connectivity index (χ1n) is 9.24. The first kappa shape index (κ1) is 16.2. The molecule has 0 radical (unpaired) electrons. The lowest BCUT2D eigenvalue weighted by atomic mass is 9.95. The van der Waals surface area contributed by atoms with Crippen molar-refractivity contribution in [3.63, 3.8) is 0 Å². The summed E-state index contributed by atoms with van der Waals surface area (Å²) in [5.41, 5.74) is 0.718. The Labute approximate surface area is 157 Å². The maximum absolute atomic E-state index is 12.9. The van der Waals surface area contributed by atoms with Crippen LogP contribution < -0.4 is 19.7 Å². The number of nitrogens with zero attached hydrogens (tertiary/aromatic N) is 4. The third-order valence-corrected chi connectivity index (χ3v) is 5.47. The first-order chi connectivity index (χ1) is 13.3. The molecule has 0 saturated carbocycles.